The first-order valence-electron chi connectivity index (χ1n) is 5.61. The topological polar surface area (TPSA) is 35.2 Å². The van der Waals surface area contributed by atoms with Gasteiger partial charge in [-0.2, -0.15) is 0 Å². The molecule has 0 aromatic heterocycles. The van der Waals surface area contributed by atoms with Crippen molar-refractivity contribution in [2.75, 3.05) is 13.2 Å². The summed E-state index contributed by atoms with van der Waals surface area (Å²) in [6.45, 7) is 5.66. The zero-order chi connectivity index (χ0) is 11.1. The van der Waals surface area contributed by atoms with Gasteiger partial charge < -0.3 is 10.5 Å². The summed E-state index contributed by atoms with van der Waals surface area (Å²) >= 11 is 0. The van der Waals surface area contributed by atoms with Gasteiger partial charge in [0.25, 0.3) is 0 Å². The molecule has 0 aliphatic heterocycles. The van der Waals surface area contributed by atoms with Crippen LogP contribution in [0.5, 0.6) is 0 Å². The fourth-order valence-corrected chi connectivity index (χ4v) is 1.46. The van der Waals surface area contributed by atoms with Gasteiger partial charge in [0.1, 0.15) is 0 Å². The van der Waals surface area contributed by atoms with Gasteiger partial charge in [-0.3, -0.25) is 0 Å². The van der Waals surface area contributed by atoms with Crippen LogP contribution in [0.4, 0.5) is 0 Å². The summed E-state index contributed by atoms with van der Waals surface area (Å²) in [5, 5.41) is 0. The van der Waals surface area contributed by atoms with E-state index in [2.05, 4.69) is 38.1 Å². The molecule has 2 N–H and O–H groups in total. The van der Waals surface area contributed by atoms with Crippen molar-refractivity contribution in [2.24, 2.45) is 5.73 Å². The molecule has 0 saturated carbocycles. The van der Waals surface area contributed by atoms with E-state index in [1.165, 1.54) is 11.1 Å². The van der Waals surface area contributed by atoms with Crippen molar-refractivity contribution in [3.8, 4) is 0 Å². The molecular weight excluding hydrogens is 186 g/mol. The zero-order valence-corrected chi connectivity index (χ0v) is 9.70. The lowest BCUT2D eigenvalue weighted by Crippen LogP contribution is -2.28. The number of hydrogen-bond acceptors (Lipinski definition) is 2. The minimum Gasteiger partial charge on any atom is -0.380 e. The van der Waals surface area contributed by atoms with Crippen LogP contribution >= 0.6 is 0 Å². The molecule has 0 radical (unpaired) electrons. The van der Waals surface area contributed by atoms with Crippen LogP contribution in [-0.2, 0) is 11.2 Å². The number of ether oxygens (including phenoxy) is 1. The Morgan fingerprint density at radius 3 is 2.53 bits per heavy atom. The highest BCUT2D eigenvalue weighted by molar-refractivity contribution is 5.21. The van der Waals surface area contributed by atoms with E-state index in [4.69, 9.17) is 10.5 Å². The summed E-state index contributed by atoms with van der Waals surface area (Å²) in [4.78, 5) is 0. The highest BCUT2D eigenvalue weighted by Gasteiger charge is 2.03. The molecule has 1 atom stereocenters. The van der Waals surface area contributed by atoms with Crippen molar-refractivity contribution in [1.29, 1.82) is 0 Å². The standard InChI is InChI=1S/C13H21NO/c1-3-8-15-10-13(14)9-12-6-4-11(2)5-7-12/h4-7,13H,3,8-10,14H2,1-2H3. The van der Waals surface area contributed by atoms with Crippen molar-refractivity contribution in [3.63, 3.8) is 0 Å². The van der Waals surface area contributed by atoms with Crippen LogP contribution in [0.3, 0.4) is 0 Å². The maximum Gasteiger partial charge on any atom is 0.0620 e. The van der Waals surface area contributed by atoms with E-state index in [0.717, 1.165) is 19.4 Å². The third kappa shape index (κ3) is 4.96. The van der Waals surface area contributed by atoms with E-state index in [-0.39, 0.29) is 6.04 Å². The van der Waals surface area contributed by atoms with Crippen LogP contribution < -0.4 is 5.73 Å². The minimum absolute atomic E-state index is 0.110. The SMILES string of the molecule is CCCOCC(N)Cc1ccc(C)cc1. The molecule has 0 bridgehead atoms. The molecule has 1 aromatic rings. The van der Waals surface area contributed by atoms with Gasteiger partial charge >= 0.3 is 0 Å². The summed E-state index contributed by atoms with van der Waals surface area (Å²) in [5.74, 6) is 0. The Hall–Kier alpha value is -0.860. The first kappa shape index (κ1) is 12.2. The molecule has 0 fully saturated rings. The second kappa shape index (κ2) is 6.59. The Labute approximate surface area is 92.4 Å². The molecule has 2 heteroatoms. The van der Waals surface area contributed by atoms with Gasteiger partial charge in [-0.15, -0.1) is 0 Å². The molecule has 1 aromatic carbocycles. The Morgan fingerprint density at radius 2 is 1.93 bits per heavy atom. The fourth-order valence-electron chi connectivity index (χ4n) is 1.46. The Bertz CT molecular complexity index is 268. The molecule has 0 saturated heterocycles. The summed E-state index contributed by atoms with van der Waals surface area (Å²) in [6.07, 6.45) is 1.95. The van der Waals surface area contributed by atoms with Crippen LogP contribution in [0.15, 0.2) is 24.3 Å². The van der Waals surface area contributed by atoms with Crippen molar-refractivity contribution in [2.45, 2.75) is 32.7 Å². The molecule has 0 heterocycles. The Balaban J connectivity index is 2.31. The fraction of sp³-hybridized carbons (Fsp3) is 0.538. The predicted molar refractivity (Wildman–Crippen MR) is 64.0 cm³/mol. The second-order valence-electron chi connectivity index (χ2n) is 4.02. The van der Waals surface area contributed by atoms with E-state index < -0.39 is 0 Å². The summed E-state index contributed by atoms with van der Waals surface area (Å²) < 4.78 is 5.42. The number of benzene rings is 1. The van der Waals surface area contributed by atoms with Crippen LogP contribution in [0.2, 0.25) is 0 Å². The minimum atomic E-state index is 0.110. The molecule has 0 aliphatic rings. The van der Waals surface area contributed by atoms with E-state index >= 15 is 0 Å². The summed E-state index contributed by atoms with van der Waals surface area (Å²) in [6, 6.07) is 8.62. The van der Waals surface area contributed by atoms with Gasteiger partial charge in [-0.25, -0.2) is 0 Å². The second-order valence-corrected chi connectivity index (χ2v) is 4.02. The van der Waals surface area contributed by atoms with Gasteiger partial charge in [0.15, 0.2) is 0 Å². The highest BCUT2D eigenvalue weighted by Crippen LogP contribution is 2.05. The van der Waals surface area contributed by atoms with Gasteiger partial charge in [-0.05, 0) is 25.3 Å². The highest BCUT2D eigenvalue weighted by atomic mass is 16.5. The third-order valence-electron chi connectivity index (χ3n) is 2.30. The molecule has 1 rings (SSSR count). The van der Waals surface area contributed by atoms with Crippen LogP contribution in [0.1, 0.15) is 24.5 Å². The smallest absolute Gasteiger partial charge is 0.0620 e. The first-order valence-corrected chi connectivity index (χ1v) is 5.61. The number of hydrogen-bond donors (Lipinski definition) is 1. The van der Waals surface area contributed by atoms with Crippen LogP contribution in [0, 0.1) is 6.92 Å². The molecule has 2 nitrogen and oxygen atoms in total. The van der Waals surface area contributed by atoms with Gasteiger partial charge in [0.2, 0.25) is 0 Å². The monoisotopic (exact) mass is 207 g/mol. The predicted octanol–water partition coefficient (Wildman–Crippen LogP) is 2.29. The van der Waals surface area contributed by atoms with Gasteiger partial charge in [-0.1, -0.05) is 36.8 Å². The average Bonchev–Trinajstić information content (AvgIpc) is 2.22. The van der Waals surface area contributed by atoms with Crippen LogP contribution in [-0.4, -0.2) is 19.3 Å². The lowest BCUT2D eigenvalue weighted by Gasteiger charge is -2.11. The van der Waals surface area contributed by atoms with Crippen molar-refractivity contribution >= 4 is 0 Å². The Morgan fingerprint density at radius 1 is 1.27 bits per heavy atom. The summed E-state index contributed by atoms with van der Waals surface area (Å²) in [7, 11) is 0. The molecule has 0 aliphatic carbocycles. The average molecular weight is 207 g/mol. The van der Waals surface area contributed by atoms with Crippen LogP contribution in [0.25, 0.3) is 0 Å². The summed E-state index contributed by atoms with van der Waals surface area (Å²) in [5.41, 5.74) is 8.53. The van der Waals surface area contributed by atoms with Gasteiger partial charge in [0.05, 0.1) is 6.61 Å². The molecule has 15 heavy (non-hydrogen) atoms. The maximum absolute atomic E-state index is 5.96. The first-order chi connectivity index (χ1) is 7.22. The number of aryl methyl sites for hydroxylation is 1. The lowest BCUT2D eigenvalue weighted by molar-refractivity contribution is 0.121. The maximum atomic E-state index is 5.96. The molecule has 0 amide bonds. The lowest BCUT2D eigenvalue weighted by atomic mass is 10.1. The normalized spacial score (nSPS) is 12.7. The number of rotatable bonds is 6. The quantitative estimate of drug-likeness (QED) is 0.726. The van der Waals surface area contributed by atoms with E-state index in [0.29, 0.717) is 6.61 Å². The largest absolute Gasteiger partial charge is 0.380 e. The van der Waals surface area contributed by atoms with E-state index in [1.807, 2.05) is 0 Å². The molecule has 84 valence electrons. The van der Waals surface area contributed by atoms with E-state index in [9.17, 15) is 0 Å². The van der Waals surface area contributed by atoms with Crippen molar-refractivity contribution in [1.82, 2.24) is 0 Å². The van der Waals surface area contributed by atoms with E-state index in [1.54, 1.807) is 0 Å². The molecule has 0 spiro atoms. The van der Waals surface area contributed by atoms with Gasteiger partial charge in [0, 0.05) is 12.6 Å². The van der Waals surface area contributed by atoms with Crippen molar-refractivity contribution in [3.05, 3.63) is 35.4 Å². The zero-order valence-electron chi connectivity index (χ0n) is 9.70. The third-order valence-corrected chi connectivity index (χ3v) is 2.30. The molecular formula is C13H21NO. The number of nitrogens with two attached hydrogens (primary N) is 1. The van der Waals surface area contributed by atoms with Crippen molar-refractivity contribution < 1.29 is 4.74 Å². The Kier molecular flexibility index (Phi) is 5.37. The molecule has 1 unspecified atom stereocenters.